The van der Waals surface area contributed by atoms with Gasteiger partial charge in [-0.25, -0.2) is 4.79 Å². The van der Waals surface area contributed by atoms with Crippen LogP contribution in [0.25, 0.3) is 11.0 Å². The van der Waals surface area contributed by atoms with E-state index in [9.17, 15) is 9.59 Å². The number of aryl methyl sites for hydroxylation is 2. The molecule has 0 unspecified atom stereocenters. The van der Waals surface area contributed by atoms with E-state index in [2.05, 4.69) is 36.9 Å². The first-order valence-electron chi connectivity index (χ1n) is 10.9. The topological polar surface area (TPSA) is 50.5 Å². The first-order valence-corrected chi connectivity index (χ1v) is 10.9. The molecule has 0 aliphatic carbocycles. The lowest BCUT2D eigenvalue weighted by molar-refractivity contribution is -0.119. The van der Waals surface area contributed by atoms with Crippen LogP contribution < -0.4 is 10.5 Å². The number of hydrogen-bond acceptors (Lipinski definition) is 4. The van der Waals surface area contributed by atoms with Gasteiger partial charge in [-0.15, -0.1) is 0 Å². The number of rotatable bonds is 10. The number of benzene rings is 2. The van der Waals surface area contributed by atoms with Gasteiger partial charge in [0.25, 0.3) is 0 Å². The fourth-order valence-electron chi connectivity index (χ4n) is 3.98. The van der Waals surface area contributed by atoms with Gasteiger partial charge in [0.15, 0.2) is 0 Å². The molecule has 4 heteroatoms. The Morgan fingerprint density at radius 3 is 2.40 bits per heavy atom. The maximum absolute atomic E-state index is 12.6. The second kappa shape index (κ2) is 10.2. The third-order valence-corrected chi connectivity index (χ3v) is 5.82. The summed E-state index contributed by atoms with van der Waals surface area (Å²) in [7, 11) is 0. The summed E-state index contributed by atoms with van der Waals surface area (Å²) in [5.74, 6) is 0.196. The third-order valence-electron chi connectivity index (χ3n) is 5.82. The zero-order chi connectivity index (χ0) is 21.5. The molecular weight excluding hydrogens is 374 g/mol. The molecular formula is C26H31NO3. The summed E-state index contributed by atoms with van der Waals surface area (Å²) in [6.45, 7) is 7.96. The van der Waals surface area contributed by atoms with Gasteiger partial charge < -0.3 is 9.32 Å². The lowest BCUT2D eigenvalue weighted by atomic mass is 9.99. The predicted octanol–water partition coefficient (Wildman–Crippen LogP) is 5.47. The SMILES string of the molecule is CCN(CC)c1ccc2c(C)c(CCC(=O)CCCc3ccccc3)c(=O)oc2c1. The van der Waals surface area contributed by atoms with Crippen molar-refractivity contribution in [2.75, 3.05) is 18.0 Å². The van der Waals surface area contributed by atoms with Gasteiger partial charge >= 0.3 is 5.63 Å². The Morgan fingerprint density at radius 1 is 0.967 bits per heavy atom. The molecule has 0 atom stereocenters. The van der Waals surface area contributed by atoms with E-state index in [4.69, 9.17) is 4.42 Å². The molecule has 0 aliphatic rings. The van der Waals surface area contributed by atoms with E-state index in [-0.39, 0.29) is 11.4 Å². The number of hydrogen-bond donors (Lipinski definition) is 0. The Labute approximate surface area is 178 Å². The molecule has 3 rings (SSSR count). The van der Waals surface area contributed by atoms with Gasteiger partial charge in [0.1, 0.15) is 11.4 Å². The van der Waals surface area contributed by atoms with E-state index in [1.807, 2.05) is 37.3 Å². The normalized spacial score (nSPS) is 11.0. The molecule has 1 aromatic heterocycles. The molecule has 0 amide bonds. The average Bonchev–Trinajstić information content (AvgIpc) is 2.75. The highest BCUT2D eigenvalue weighted by atomic mass is 16.4. The minimum Gasteiger partial charge on any atom is -0.422 e. The molecule has 0 saturated heterocycles. The molecule has 4 nitrogen and oxygen atoms in total. The largest absolute Gasteiger partial charge is 0.422 e. The van der Waals surface area contributed by atoms with E-state index in [0.29, 0.717) is 30.4 Å². The van der Waals surface area contributed by atoms with Gasteiger partial charge in [-0.2, -0.15) is 0 Å². The lowest BCUT2D eigenvalue weighted by Gasteiger charge is -2.21. The molecule has 158 valence electrons. The summed E-state index contributed by atoms with van der Waals surface area (Å²) < 4.78 is 5.63. The highest BCUT2D eigenvalue weighted by molar-refractivity contribution is 5.84. The van der Waals surface area contributed by atoms with Crippen molar-refractivity contribution in [2.45, 2.75) is 52.9 Å². The molecule has 1 heterocycles. The first kappa shape index (κ1) is 21.8. The van der Waals surface area contributed by atoms with Crippen LogP contribution in [0.1, 0.15) is 49.8 Å². The van der Waals surface area contributed by atoms with Gasteiger partial charge in [0.05, 0.1) is 0 Å². The zero-order valence-corrected chi connectivity index (χ0v) is 18.2. The Bertz CT molecular complexity index is 1050. The van der Waals surface area contributed by atoms with Gasteiger partial charge in [-0.05, 0) is 63.3 Å². The van der Waals surface area contributed by atoms with Crippen molar-refractivity contribution in [3.63, 3.8) is 0 Å². The fraction of sp³-hybridized carbons (Fsp3) is 0.385. The summed E-state index contributed by atoms with van der Waals surface area (Å²) in [6.07, 6.45) is 3.09. The number of nitrogens with zero attached hydrogens (tertiary/aromatic N) is 1. The third kappa shape index (κ3) is 5.18. The van der Waals surface area contributed by atoms with Crippen molar-refractivity contribution in [3.05, 3.63) is 75.6 Å². The summed E-state index contributed by atoms with van der Waals surface area (Å²) in [5.41, 5.74) is 4.13. The van der Waals surface area contributed by atoms with Crippen LogP contribution in [-0.2, 0) is 17.6 Å². The number of anilines is 1. The van der Waals surface area contributed by atoms with Crippen LogP contribution >= 0.6 is 0 Å². The predicted molar refractivity (Wildman–Crippen MR) is 123 cm³/mol. The number of ketones is 1. The minimum atomic E-state index is -0.325. The Kier molecular flexibility index (Phi) is 7.45. The van der Waals surface area contributed by atoms with Crippen LogP contribution in [0, 0.1) is 6.92 Å². The summed E-state index contributed by atoms with van der Waals surface area (Å²) >= 11 is 0. The monoisotopic (exact) mass is 405 g/mol. The van der Waals surface area contributed by atoms with Crippen LogP contribution in [0.15, 0.2) is 57.7 Å². The van der Waals surface area contributed by atoms with Crippen molar-refractivity contribution < 1.29 is 9.21 Å². The molecule has 0 spiro atoms. The average molecular weight is 406 g/mol. The van der Waals surface area contributed by atoms with Crippen molar-refractivity contribution in [1.29, 1.82) is 0 Å². The number of fused-ring (bicyclic) bond motifs is 1. The molecule has 0 aliphatic heterocycles. The second-order valence-electron chi connectivity index (χ2n) is 7.72. The Balaban J connectivity index is 1.66. The number of Topliss-reactive ketones (excluding diaryl/α,β-unsaturated/α-hetero) is 1. The molecule has 0 fully saturated rings. The Hall–Kier alpha value is -2.88. The lowest BCUT2D eigenvalue weighted by Crippen LogP contribution is -2.21. The van der Waals surface area contributed by atoms with Crippen LogP contribution in [-0.4, -0.2) is 18.9 Å². The molecule has 0 bridgehead atoms. The van der Waals surface area contributed by atoms with E-state index in [0.717, 1.165) is 42.6 Å². The van der Waals surface area contributed by atoms with Gasteiger partial charge in [-0.1, -0.05) is 30.3 Å². The first-order chi connectivity index (χ1) is 14.5. The number of carbonyl (C=O) groups excluding carboxylic acids is 1. The molecule has 0 radical (unpaired) electrons. The summed E-state index contributed by atoms with van der Waals surface area (Å²) in [6, 6.07) is 16.2. The van der Waals surface area contributed by atoms with E-state index in [1.54, 1.807) is 0 Å². The van der Waals surface area contributed by atoms with E-state index >= 15 is 0 Å². The standard InChI is InChI=1S/C26H31NO3/c1-4-27(5-2)21-14-16-23-19(3)24(26(29)30-25(23)18-21)17-15-22(28)13-9-12-20-10-7-6-8-11-20/h6-8,10-11,14,16,18H,4-5,9,12-13,15,17H2,1-3H3. The van der Waals surface area contributed by atoms with Crippen LogP contribution in [0.4, 0.5) is 5.69 Å². The summed E-state index contributed by atoms with van der Waals surface area (Å²) in [5, 5.41) is 0.942. The maximum atomic E-state index is 12.6. The van der Waals surface area contributed by atoms with Crippen LogP contribution in [0.2, 0.25) is 0 Å². The molecule has 30 heavy (non-hydrogen) atoms. The van der Waals surface area contributed by atoms with E-state index < -0.39 is 0 Å². The van der Waals surface area contributed by atoms with Gasteiger partial charge in [-0.3, -0.25) is 4.79 Å². The summed E-state index contributed by atoms with van der Waals surface area (Å²) in [4.78, 5) is 27.2. The van der Waals surface area contributed by atoms with Crippen molar-refractivity contribution in [1.82, 2.24) is 0 Å². The highest BCUT2D eigenvalue weighted by Crippen LogP contribution is 2.25. The molecule has 0 saturated carbocycles. The quantitative estimate of drug-likeness (QED) is 0.420. The highest BCUT2D eigenvalue weighted by Gasteiger charge is 2.14. The molecule has 2 aromatic carbocycles. The zero-order valence-electron chi connectivity index (χ0n) is 18.2. The second-order valence-corrected chi connectivity index (χ2v) is 7.72. The minimum absolute atomic E-state index is 0.196. The van der Waals surface area contributed by atoms with Crippen LogP contribution in [0.3, 0.4) is 0 Å². The van der Waals surface area contributed by atoms with Crippen molar-refractivity contribution in [2.24, 2.45) is 0 Å². The maximum Gasteiger partial charge on any atom is 0.339 e. The van der Waals surface area contributed by atoms with Gasteiger partial charge in [0, 0.05) is 48.6 Å². The van der Waals surface area contributed by atoms with Crippen LogP contribution in [0.5, 0.6) is 0 Å². The number of carbonyl (C=O) groups is 1. The molecule has 0 N–H and O–H groups in total. The van der Waals surface area contributed by atoms with Crippen molar-refractivity contribution >= 4 is 22.4 Å². The smallest absolute Gasteiger partial charge is 0.339 e. The van der Waals surface area contributed by atoms with E-state index in [1.165, 1.54) is 5.56 Å². The Morgan fingerprint density at radius 2 is 1.70 bits per heavy atom. The molecule has 3 aromatic rings. The fourth-order valence-corrected chi connectivity index (χ4v) is 3.98. The van der Waals surface area contributed by atoms with Gasteiger partial charge in [0.2, 0.25) is 0 Å². The van der Waals surface area contributed by atoms with Crippen molar-refractivity contribution in [3.8, 4) is 0 Å².